The lowest BCUT2D eigenvalue weighted by atomic mass is 10.2. The van der Waals surface area contributed by atoms with Gasteiger partial charge in [0.1, 0.15) is 12.0 Å². The van der Waals surface area contributed by atoms with Crippen LogP contribution in [0.3, 0.4) is 0 Å². The molecule has 1 unspecified atom stereocenters. The summed E-state index contributed by atoms with van der Waals surface area (Å²) >= 11 is 3.28. The molecule has 21 heavy (non-hydrogen) atoms. The smallest absolute Gasteiger partial charge is 0.336 e. The number of methoxy groups -OCH3 is 1. The number of carbonyl (C=O) groups is 1. The van der Waals surface area contributed by atoms with Crippen LogP contribution in [0.5, 0.6) is 0 Å². The number of pyridine rings is 1. The Bertz CT molecular complexity index is 568. The molecule has 0 saturated carbocycles. The van der Waals surface area contributed by atoms with Crippen molar-refractivity contribution in [3.05, 3.63) is 26.9 Å². The number of ether oxygens (including phenoxy) is 2. The van der Waals surface area contributed by atoms with Crippen molar-refractivity contribution in [1.82, 2.24) is 4.98 Å². The molecule has 9 heteroatoms. The zero-order chi connectivity index (χ0) is 15.6. The minimum Gasteiger partial charge on any atom is -0.467 e. The number of carbonyl (C=O) groups excluding carboxylic acids is 1. The summed E-state index contributed by atoms with van der Waals surface area (Å²) in [4.78, 5) is 27.8. The molecule has 1 saturated heterocycles. The largest absolute Gasteiger partial charge is 0.467 e. The average Bonchev–Trinajstić information content (AvgIpc) is 2.45. The van der Waals surface area contributed by atoms with Crippen molar-refractivity contribution in [1.29, 1.82) is 0 Å². The maximum absolute atomic E-state index is 11.6. The molecule has 1 aliphatic rings. The Morgan fingerprint density at radius 2 is 2.33 bits per heavy atom. The molecule has 0 N–H and O–H groups in total. The number of rotatable bonds is 3. The van der Waals surface area contributed by atoms with Crippen molar-refractivity contribution in [3.63, 3.8) is 0 Å². The van der Waals surface area contributed by atoms with Crippen LogP contribution in [-0.2, 0) is 14.3 Å². The molecule has 0 amide bonds. The van der Waals surface area contributed by atoms with Gasteiger partial charge in [-0.3, -0.25) is 10.1 Å². The van der Waals surface area contributed by atoms with Crippen LogP contribution in [0, 0.1) is 10.1 Å². The molecule has 2 rings (SSSR count). The van der Waals surface area contributed by atoms with Crippen LogP contribution in [0.15, 0.2) is 16.7 Å². The Morgan fingerprint density at radius 1 is 1.62 bits per heavy atom. The van der Waals surface area contributed by atoms with Crippen molar-refractivity contribution >= 4 is 33.4 Å². The summed E-state index contributed by atoms with van der Waals surface area (Å²) in [5, 5.41) is 10.7. The standard InChI is InChI=1S/C12H14BrN3O5/c1-7-5-15(6-10(21-7)12(17)20-2)11-9(13)3-8(4-14-11)16(18)19/h3-4,7,10H,5-6H2,1-2H3/t7-,10?/m1/s1. The Hall–Kier alpha value is -1.74. The van der Waals surface area contributed by atoms with Crippen LogP contribution in [0.1, 0.15) is 6.92 Å². The molecule has 114 valence electrons. The highest BCUT2D eigenvalue weighted by Crippen LogP contribution is 2.29. The van der Waals surface area contributed by atoms with Crippen molar-refractivity contribution in [2.45, 2.75) is 19.1 Å². The van der Waals surface area contributed by atoms with Gasteiger partial charge in [-0.15, -0.1) is 0 Å². The Labute approximate surface area is 129 Å². The summed E-state index contributed by atoms with van der Waals surface area (Å²) < 4.78 is 10.7. The van der Waals surface area contributed by atoms with Gasteiger partial charge in [0.2, 0.25) is 0 Å². The fourth-order valence-corrected chi connectivity index (χ4v) is 2.73. The van der Waals surface area contributed by atoms with Gasteiger partial charge in [0.05, 0.1) is 29.2 Å². The van der Waals surface area contributed by atoms with Crippen LogP contribution in [0.25, 0.3) is 0 Å². The van der Waals surface area contributed by atoms with Crippen molar-refractivity contribution in [3.8, 4) is 0 Å². The number of morpholine rings is 1. The van der Waals surface area contributed by atoms with E-state index in [0.29, 0.717) is 16.8 Å². The second-order valence-electron chi connectivity index (χ2n) is 4.62. The molecule has 2 heterocycles. The van der Waals surface area contributed by atoms with Gasteiger partial charge in [0, 0.05) is 12.6 Å². The van der Waals surface area contributed by atoms with Crippen LogP contribution in [0.4, 0.5) is 11.5 Å². The zero-order valence-electron chi connectivity index (χ0n) is 11.5. The third-order valence-corrected chi connectivity index (χ3v) is 3.63. The summed E-state index contributed by atoms with van der Waals surface area (Å²) in [6.07, 6.45) is 0.294. The Morgan fingerprint density at radius 3 is 2.90 bits per heavy atom. The van der Waals surface area contributed by atoms with E-state index in [0.717, 1.165) is 0 Å². The van der Waals surface area contributed by atoms with E-state index in [2.05, 4.69) is 20.9 Å². The van der Waals surface area contributed by atoms with Gasteiger partial charge in [0.15, 0.2) is 6.10 Å². The first kappa shape index (κ1) is 15.6. The summed E-state index contributed by atoms with van der Waals surface area (Å²) in [5.74, 6) is 0.0780. The third-order valence-electron chi connectivity index (χ3n) is 3.04. The molecule has 0 aromatic carbocycles. The van der Waals surface area contributed by atoms with E-state index < -0.39 is 17.0 Å². The lowest BCUT2D eigenvalue weighted by molar-refractivity contribution is -0.385. The molecule has 0 bridgehead atoms. The maximum Gasteiger partial charge on any atom is 0.336 e. The van der Waals surface area contributed by atoms with Crippen molar-refractivity contribution in [2.75, 3.05) is 25.1 Å². The van der Waals surface area contributed by atoms with Gasteiger partial charge in [-0.25, -0.2) is 9.78 Å². The van der Waals surface area contributed by atoms with E-state index >= 15 is 0 Å². The summed E-state index contributed by atoms with van der Waals surface area (Å²) in [5.41, 5.74) is -0.101. The van der Waals surface area contributed by atoms with Crippen LogP contribution in [-0.4, -0.2) is 48.3 Å². The first-order chi connectivity index (χ1) is 9.92. The normalized spacial score (nSPS) is 22.0. The maximum atomic E-state index is 11.6. The average molecular weight is 360 g/mol. The van der Waals surface area contributed by atoms with Gasteiger partial charge in [0.25, 0.3) is 5.69 Å². The van der Waals surface area contributed by atoms with E-state index in [-0.39, 0.29) is 18.3 Å². The highest BCUT2D eigenvalue weighted by Gasteiger charge is 2.32. The predicted octanol–water partition coefficient (Wildman–Crippen LogP) is 1.52. The van der Waals surface area contributed by atoms with Gasteiger partial charge >= 0.3 is 5.97 Å². The van der Waals surface area contributed by atoms with Crippen molar-refractivity contribution < 1.29 is 19.2 Å². The van der Waals surface area contributed by atoms with E-state index in [1.807, 2.05) is 11.8 Å². The summed E-state index contributed by atoms with van der Waals surface area (Å²) in [6, 6.07) is 1.38. The predicted molar refractivity (Wildman–Crippen MR) is 77.2 cm³/mol. The molecule has 1 aliphatic heterocycles. The van der Waals surface area contributed by atoms with E-state index in [1.165, 1.54) is 19.4 Å². The molecule has 8 nitrogen and oxygen atoms in total. The number of hydrogen-bond donors (Lipinski definition) is 0. The number of halogens is 1. The molecule has 1 aromatic heterocycles. The third kappa shape index (κ3) is 3.48. The van der Waals surface area contributed by atoms with Gasteiger partial charge in [-0.2, -0.15) is 0 Å². The Balaban J connectivity index is 2.24. The fraction of sp³-hybridized carbons (Fsp3) is 0.500. The van der Waals surface area contributed by atoms with Crippen molar-refractivity contribution in [2.24, 2.45) is 0 Å². The molecule has 1 fully saturated rings. The first-order valence-corrected chi connectivity index (χ1v) is 7.00. The second kappa shape index (κ2) is 6.35. The minimum atomic E-state index is -0.706. The lowest BCUT2D eigenvalue weighted by Gasteiger charge is -2.36. The van der Waals surface area contributed by atoms with Crippen LogP contribution < -0.4 is 4.90 Å². The number of esters is 1. The molecule has 2 atom stereocenters. The minimum absolute atomic E-state index is 0.101. The van der Waals surface area contributed by atoms with Gasteiger partial charge in [-0.1, -0.05) is 0 Å². The second-order valence-corrected chi connectivity index (χ2v) is 5.47. The lowest BCUT2D eigenvalue weighted by Crippen LogP contribution is -2.50. The molecule has 0 spiro atoms. The molecular formula is C12H14BrN3O5. The number of anilines is 1. The first-order valence-electron chi connectivity index (χ1n) is 6.20. The van der Waals surface area contributed by atoms with Gasteiger partial charge in [-0.05, 0) is 22.9 Å². The highest BCUT2D eigenvalue weighted by molar-refractivity contribution is 9.10. The summed E-state index contributed by atoms with van der Waals surface area (Å²) in [6.45, 7) is 2.64. The molecular weight excluding hydrogens is 346 g/mol. The molecule has 0 aliphatic carbocycles. The quantitative estimate of drug-likeness (QED) is 0.458. The van der Waals surface area contributed by atoms with Crippen LogP contribution in [0.2, 0.25) is 0 Å². The summed E-state index contributed by atoms with van der Waals surface area (Å²) in [7, 11) is 1.30. The van der Waals surface area contributed by atoms with Gasteiger partial charge < -0.3 is 14.4 Å². The molecule has 0 radical (unpaired) electrons. The van der Waals surface area contributed by atoms with E-state index in [1.54, 1.807) is 0 Å². The van der Waals surface area contributed by atoms with Crippen LogP contribution >= 0.6 is 15.9 Å². The van der Waals surface area contributed by atoms with E-state index in [9.17, 15) is 14.9 Å². The number of aromatic nitrogens is 1. The fourth-order valence-electron chi connectivity index (χ4n) is 2.14. The number of nitrogens with zero attached hydrogens (tertiary/aromatic N) is 3. The monoisotopic (exact) mass is 359 g/mol. The number of hydrogen-bond acceptors (Lipinski definition) is 7. The van der Waals surface area contributed by atoms with E-state index in [4.69, 9.17) is 9.47 Å². The number of nitro groups is 1. The Kier molecular flexibility index (Phi) is 4.73. The topological polar surface area (TPSA) is 94.8 Å². The molecule has 1 aromatic rings. The SMILES string of the molecule is COC(=O)C1CN(c2ncc([N+](=O)[O-])cc2Br)C[C@@H](C)O1. The highest BCUT2D eigenvalue weighted by atomic mass is 79.9. The zero-order valence-corrected chi connectivity index (χ0v) is 13.1.